The maximum absolute atomic E-state index is 12.2. The second-order valence-corrected chi connectivity index (χ2v) is 4.84. The molecule has 1 aromatic carbocycles. The quantitative estimate of drug-likeness (QED) is 0.895. The first-order valence-electron chi connectivity index (χ1n) is 5.46. The number of nitrogen functional groups attached to an aromatic ring is 1. The summed E-state index contributed by atoms with van der Waals surface area (Å²) in [7, 11) is 1.65. The Morgan fingerprint density at radius 1 is 1.37 bits per heavy atom. The van der Waals surface area contributed by atoms with Gasteiger partial charge in [-0.2, -0.15) is 5.10 Å². The normalized spacial score (nSPS) is 10.5. The molecule has 0 saturated carbocycles. The standard InChI is InChI=1S/C12H12Cl2N4O/c1-6-9(15)11(18(2)17-6)12(19)16-10-7(13)4-3-5-8(10)14/h3-5H,15H2,1-2H3,(H,16,19). The maximum atomic E-state index is 12.2. The van der Waals surface area contributed by atoms with Crippen molar-refractivity contribution < 1.29 is 4.79 Å². The highest BCUT2D eigenvalue weighted by Crippen LogP contribution is 2.30. The summed E-state index contributed by atoms with van der Waals surface area (Å²) in [5.41, 5.74) is 7.38. The molecule has 19 heavy (non-hydrogen) atoms. The van der Waals surface area contributed by atoms with Crippen LogP contribution in [0.5, 0.6) is 0 Å². The lowest BCUT2D eigenvalue weighted by Crippen LogP contribution is -2.18. The van der Waals surface area contributed by atoms with E-state index in [4.69, 9.17) is 28.9 Å². The number of para-hydroxylation sites is 1. The van der Waals surface area contributed by atoms with Gasteiger partial charge in [-0.25, -0.2) is 0 Å². The predicted molar refractivity (Wildman–Crippen MR) is 76.8 cm³/mol. The van der Waals surface area contributed by atoms with E-state index in [1.165, 1.54) is 4.68 Å². The highest BCUT2D eigenvalue weighted by molar-refractivity contribution is 6.40. The van der Waals surface area contributed by atoms with Crippen LogP contribution in [0.2, 0.25) is 10.0 Å². The first-order valence-corrected chi connectivity index (χ1v) is 6.22. The van der Waals surface area contributed by atoms with E-state index in [1.54, 1.807) is 32.2 Å². The van der Waals surface area contributed by atoms with Gasteiger partial charge < -0.3 is 11.1 Å². The Bertz CT molecular complexity index is 631. The van der Waals surface area contributed by atoms with Gasteiger partial charge in [-0.3, -0.25) is 9.48 Å². The molecule has 5 nitrogen and oxygen atoms in total. The van der Waals surface area contributed by atoms with E-state index in [0.717, 1.165) is 0 Å². The van der Waals surface area contributed by atoms with E-state index in [2.05, 4.69) is 10.4 Å². The van der Waals surface area contributed by atoms with Crippen molar-refractivity contribution in [2.24, 2.45) is 7.05 Å². The highest BCUT2D eigenvalue weighted by Gasteiger charge is 2.19. The Morgan fingerprint density at radius 3 is 2.42 bits per heavy atom. The number of aryl methyl sites for hydroxylation is 2. The molecule has 0 fully saturated rings. The molecule has 0 bridgehead atoms. The molecule has 1 heterocycles. The van der Waals surface area contributed by atoms with E-state index in [9.17, 15) is 4.79 Å². The van der Waals surface area contributed by atoms with E-state index in [-0.39, 0.29) is 5.69 Å². The fourth-order valence-electron chi connectivity index (χ4n) is 1.73. The van der Waals surface area contributed by atoms with Crippen molar-refractivity contribution in [3.05, 3.63) is 39.6 Å². The van der Waals surface area contributed by atoms with Gasteiger partial charge in [0.15, 0.2) is 0 Å². The number of nitrogens with one attached hydrogen (secondary N) is 1. The Morgan fingerprint density at radius 2 is 1.95 bits per heavy atom. The summed E-state index contributed by atoms with van der Waals surface area (Å²) >= 11 is 12.0. The third-order valence-electron chi connectivity index (χ3n) is 2.68. The molecule has 2 rings (SSSR count). The van der Waals surface area contributed by atoms with Crippen molar-refractivity contribution in [1.29, 1.82) is 0 Å². The molecule has 100 valence electrons. The van der Waals surface area contributed by atoms with E-state index in [0.29, 0.717) is 27.1 Å². The number of nitrogens with two attached hydrogens (primary N) is 1. The summed E-state index contributed by atoms with van der Waals surface area (Å²) in [5, 5.41) is 7.45. The Labute approximate surface area is 120 Å². The van der Waals surface area contributed by atoms with Gasteiger partial charge in [0.05, 0.1) is 27.1 Å². The number of benzene rings is 1. The smallest absolute Gasteiger partial charge is 0.276 e. The second-order valence-electron chi connectivity index (χ2n) is 4.02. The number of rotatable bonds is 2. The predicted octanol–water partition coefficient (Wildman–Crippen LogP) is 2.87. The van der Waals surface area contributed by atoms with Gasteiger partial charge in [-0.1, -0.05) is 29.3 Å². The first kappa shape index (κ1) is 13.7. The van der Waals surface area contributed by atoms with Gasteiger partial charge in [-0.05, 0) is 19.1 Å². The average Bonchev–Trinajstić information content (AvgIpc) is 2.58. The molecular formula is C12H12Cl2N4O. The number of carbonyl (C=O) groups excluding carboxylic acids is 1. The topological polar surface area (TPSA) is 72.9 Å². The molecule has 7 heteroatoms. The number of hydrogen-bond donors (Lipinski definition) is 2. The Balaban J connectivity index is 2.36. The fraction of sp³-hybridized carbons (Fsp3) is 0.167. The van der Waals surface area contributed by atoms with Crippen LogP contribution in [0.3, 0.4) is 0 Å². The first-order chi connectivity index (χ1) is 8.91. The van der Waals surface area contributed by atoms with Crippen LogP contribution in [0.25, 0.3) is 0 Å². The molecule has 2 aromatic rings. The van der Waals surface area contributed by atoms with Crippen LogP contribution in [0.15, 0.2) is 18.2 Å². The molecule has 0 atom stereocenters. The minimum Gasteiger partial charge on any atom is -0.395 e. The summed E-state index contributed by atoms with van der Waals surface area (Å²) in [6.07, 6.45) is 0. The minimum atomic E-state index is -0.407. The van der Waals surface area contributed by atoms with E-state index in [1.807, 2.05) is 0 Å². The van der Waals surface area contributed by atoms with Crippen molar-refractivity contribution >= 4 is 40.5 Å². The van der Waals surface area contributed by atoms with Crippen molar-refractivity contribution in [1.82, 2.24) is 9.78 Å². The number of amides is 1. The molecule has 1 aromatic heterocycles. The molecule has 0 radical (unpaired) electrons. The van der Waals surface area contributed by atoms with E-state index < -0.39 is 5.91 Å². The van der Waals surface area contributed by atoms with Crippen molar-refractivity contribution in [2.75, 3.05) is 11.1 Å². The van der Waals surface area contributed by atoms with Crippen molar-refractivity contribution in [3.8, 4) is 0 Å². The lowest BCUT2D eigenvalue weighted by atomic mass is 10.2. The molecular weight excluding hydrogens is 287 g/mol. The van der Waals surface area contributed by atoms with Crippen LogP contribution in [0, 0.1) is 6.92 Å². The zero-order valence-electron chi connectivity index (χ0n) is 10.4. The number of hydrogen-bond acceptors (Lipinski definition) is 3. The molecule has 0 saturated heterocycles. The van der Waals surface area contributed by atoms with Crippen molar-refractivity contribution in [2.45, 2.75) is 6.92 Å². The average molecular weight is 299 g/mol. The van der Waals surface area contributed by atoms with Crippen LogP contribution < -0.4 is 11.1 Å². The van der Waals surface area contributed by atoms with E-state index >= 15 is 0 Å². The van der Waals surface area contributed by atoms with Crippen LogP contribution in [-0.4, -0.2) is 15.7 Å². The number of nitrogens with zero attached hydrogens (tertiary/aromatic N) is 2. The number of anilines is 2. The number of aromatic nitrogens is 2. The number of halogens is 2. The molecule has 0 unspecified atom stereocenters. The van der Waals surface area contributed by atoms with Gasteiger partial charge in [0, 0.05) is 7.05 Å². The molecule has 0 aliphatic carbocycles. The molecule has 0 aliphatic heterocycles. The molecule has 0 spiro atoms. The van der Waals surface area contributed by atoms with Crippen molar-refractivity contribution in [3.63, 3.8) is 0 Å². The summed E-state index contributed by atoms with van der Waals surface area (Å²) in [6, 6.07) is 4.98. The Kier molecular flexibility index (Phi) is 3.68. The third kappa shape index (κ3) is 2.52. The monoisotopic (exact) mass is 298 g/mol. The largest absolute Gasteiger partial charge is 0.395 e. The third-order valence-corrected chi connectivity index (χ3v) is 3.31. The zero-order chi connectivity index (χ0) is 14.2. The lowest BCUT2D eigenvalue weighted by molar-refractivity contribution is 0.101. The second kappa shape index (κ2) is 5.11. The molecule has 0 aliphatic rings. The maximum Gasteiger partial charge on any atom is 0.276 e. The fourth-order valence-corrected chi connectivity index (χ4v) is 2.23. The van der Waals surface area contributed by atoms with Crippen LogP contribution in [-0.2, 0) is 7.05 Å². The SMILES string of the molecule is Cc1nn(C)c(C(=O)Nc2c(Cl)cccc2Cl)c1N. The van der Waals surface area contributed by atoms with Gasteiger partial charge in [0.1, 0.15) is 5.69 Å². The van der Waals surface area contributed by atoms with Crippen LogP contribution in [0.4, 0.5) is 11.4 Å². The van der Waals surface area contributed by atoms with Gasteiger partial charge in [0.25, 0.3) is 5.91 Å². The lowest BCUT2D eigenvalue weighted by Gasteiger charge is -2.09. The number of carbonyl (C=O) groups is 1. The zero-order valence-corrected chi connectivity index (χ0v) is 11.9. The Hall–Kier alpha value is -1.72. The van der Waals surface area contributed by atoms with Gasteiger partial charge >= 0.3 is 0 Å². The summed E-state index contributed by atoms with van der Waals surface area (Å²) < 4.78 is 1.42. The van der Waals surface area contributed by atoms with Gasteiger partial charge in [0.2, 0.25) is 0 Å². The van der Waals surface area contributed by atoms with Crippen LogP contribution >= 0.6 is 23.2 Å². The molecule has 1 amide bonds. The summed E-state index contributed by atoms with van der Waals surface area (Å²) in [6.45, 7) is 1.73. The summed E-state index contributed by atoms with van der Waals surface area (Å²) in [4.78, 5) is 12.2. The highest BCUT2D eigenvalue weighted by atomic mass is 35.5. The summed E-state index contributed by atoms with van der Waals surface area (Å²) in [5.74, 6) is -0.407. The van der Waals surface area contributed by atoms with Gasteiger partial charge in [-0.15, -0.1) is 0 Å². The molecule has 3 N–H and O–H groups in total. The van der Waals surface area contributed by atoms with Crippen LogP contribution in [0.1, 0.15) is 16.2 Å². The minimum absolute atomic E-state index is 0.272.